The maximum atomic E-state index is 12.8. The van der Waals surface area contributed by atoms with Gasteiger partial charge >= 0.3 is 5.97 Å². The fraction of sp³-hybridized carbons (Fsp3) is 0.531. The van der Waals surface area contributed by atoms with Gasteiger partial charge in [0.2, 0.25) is 0 Å². The Bertz CT molecular complexity index is 956. The number of carbonyl (C=O) groups is 1. The number of unbranched alkanes of at least 4 members (excludes halogenated alkanes) is 9. The molecule has 1 aliphatic heterocycles. The van der Waals surface area contributed by atoms with Gasteiger partial charge in [0.05, 0.1) is 20.3 Å². The molecular formula is C32H44O6. The fourth-order valence-electron chi connectivity index (χ4n) is 4.66. The zero-order valence-electron chi connectivity index (χ0n) is 22.9. The Morgan fingerprint density at radius 2 is 1.47 bits per heavy atom. The van der Waals surface area contributed by atoms with Gasteiger partial charge in [-0.3, -0.25) is 0 Å². The number of rotatable bonds is 19. The molecule has 1 aliphatic rings. The van der Waals surface area contributed by atoms with Crippen molar-refractivity contribution < 1.29 is 28.8 Å². The second kappa shape index (κ2) is 16.9. The SMILES string of the molecule is COc1ccc(OCC2(COCc3ccccc3)C/C(=C/CCCCCCCCCCCO)C(=O)O2)cc1. The Morgan fingerprint density at radius 1 is 0.842 bits per heavy atom. The molecule has 1 atom stereocenters. The Morgan fingerprint density at radius 3 is 2.13 bits per heavy atom. The molecule has 38 heavy (non-hydrogen) atoms. The van der Waals surface area contributed by atoms with Crippen LogP contribution < -0.4 is 9.47 Å². The van der Waals surface area contributed by atoms with Crippen molar-refractivity contribution in [2.45, 2.75) is 82.8 Å². The van der Waals surface area contributed by atoms with Crippen molar-refractivity contribution in [1.29, 1.82) is 0 Å². The predicted octanol–water partition coefficient (Wildman–Crippen LogP) is 6.80. The lowest BCUT2D eigenvalue weighted by molar-refractivity contribution is -0.156. The summed E-state index contributed by atoms with van der Waals surface area (Å²) < 4.78 is 23.2. The lowest BCUT2D eigenvalue weighted by Gasteiger charge is -2.27. The van der Waals surface area contributed by atoms with Crippen molar-refractivity contribution in [1.82, 2.24) is 0 Å². The smallest absolute Gasteiger partial charge is 0.334 e. The van der Waals surface area contributed by atoms with Crippen molar-refractivity contribution in [2.75, 3.05) is 26.9 Å². The number of benzene rings is 2. The average molecular weight is 525 g/mol. The summed E-state index contributed by atoms with van der Waals surface area (Å²) in [5.41, 5.74) is 0.938. The summed E-state index contributed by atoms with van der Waals surface area (Å²) in [6.07, 6.45) is 13.9. The number of aliphatic hydroxyl groups is 1. The molecular weight excluding hydrogens is 480 g/mol. The number of methoxy groups -OCH3 is 1. The zero-order chi connectivity index (χ0) is 26.9. The Labute approximate surface area is 228 Å². The third-order valence-corrected chi connectivity index (χ3v) is 6.87. The molecule has 1 unspecified atom stereocenters. The van der Waals surface area contributed by atoms with Crippen LogP contribution >= 0.6 is 0 Å². The monoisotopic (exact) mass is 524 g/mol. The summed E-state index contributed by atoms with van der Waals surface area (Å²) in [4.78, 5) is 12.8. The number of hydrogen-bond acceptors (Lipinski definition) is 6. The van der Waals surface area contributed by atoms with Crippen LogP contribution in [-0.4, -0.2) is 43.6 Å². The summed E-state index contributed by atoms with van der Waals surface area (Å²) in [6, 6.07) is 17.4. The van der Waals surface area contributed by atoms with Crippen LogP contribution in [0.3, 0.4) is 0 Å². The third kappa shape index (κ3) is 10.5. The molecule has 0 amide bonds. The second-order valence-electron chi connectivity index (χ2n) is 10.1. The molecule has 1 saturated heterocycles. The minimum atomic E-state index is -0.854. The van der Waals surface area contributed by atoms with E-state index < -0.39 is 5.60 Å². The number of esters is 1. The molecule has 6 nitrogen and oxygen atoms in total. The molecule has 0 radical (unpaired) electrons. The van der Waals surface area contributed by atoms with Gasteiger partial charge < -0.3 is 24.1 Å². The maximum absolute atomic E-state index is 12.8. The molecule has 6 heteroatoms. The molecule has 0 bridgehead atoms. The summed E-state index contributed by atoms with van der Waals surface area (Å²) >= 11 is 0. The van der Waals surface area contributed by atoms with Gasteiger partial charge in [0.15, 0.2) is 5.60 Å². The molecule has 1 N–H and O–H groups in total. The van der Waals surface area contributed by atoms with Crippen LogP contribution in [0.15, 0.2) is 66.2 Å². The van der Waals surface area contributed by atoms with Crippen molar-refractivity contribution in [2.24, 2.45) is 0 Å². The van der Waals surface area contributed by atoms with Crippen LogP contribution in [0.4, 0.5) is 0 Å². The summed E-state index contributed by atoms with van der Waals surface area (Å²) in [5.74, 6) is 1.18. The highest BCUT2D eigenvalue weighted by atomic mass is 16.6. The average Bonchev–Trinajstić information content (AvgIpc) is 3.26. The number of ether oxygens (including phenoxy) is 4. The largest absolute Gasteiger partial charge is 0.497 e. The highest BCUT2D eigenvalue weighted by Crippen LogP contribution is 2.33. The molecule has 2 aromatic carbocycles. The standard InChI is InChI=1S/C32H44O6/c1-35-29-18-20-30(21-19-29)37-26-32(25-36-24-27-15-11-10-12-16-27)23-28(31(34)38-32)17-13-8-6-4-2-3-5-7-9-14-22-33/h10-12,15-21,33H,2-9,13-14,22-26H2,1H3/b28-17-. The molecule has 0 aliphatic carbocycles. The summed E-state index contributed by atoms with van der Waals surface area (Å²) in [6.45, 7) is 1.23. The van der Waals surface area contributed by atoms with Gasteiger partial charge in [0, 0.05) is 18.6 Å². The first-order valence-electron chi connectivity index (χ1n) is 14.1. The van der Waals surface area contributed by atoms with E-state index in [1.807, 2.05) is 60.7 Å². The quantitative estimate of drug-likeness (QED) is 0.124. The van der Waals surface area contributed by atoms with Crippen LogP contribution in [0.2, 0.25) is 0 Å². The number of allylic oxidation sites excluding steroid dienone is 1. The van der Waals surface area contributed by atoms with Crippen LogP contribution in [-0.2, 0) is 20.9 Å². The van der Waals surface area contributed by atoms with Crippen LogP contribution in [0.1, 0.15) is 76.2 Å². The summed E-state index contributed by atoms with van der Waals surface area (Å²) in [7, 11) is 1.63. The van der Waals surface area contributed by atoms with E-state index in [0.29, 0.717) is 25.4 Å². The zero-order valence-corrected chi connectivity index (χ0v) is 22.9. The van der Waals surface area contributed by atoms with Gasteiger partial charge in [-0.05, 0) is 49.1 Å². The predicted molar refractivity (Wildman–Crippen MR) is 149 cm³/mol. The van der Waals surface area contributed by atoms with Crippen molar-refractivity contribution in [3.8, 4) is 11.5 Å². The van der Waals surface area contributed by atoms with E-state index in [0.717, 1.165) is 42.6 Å². The van der Waals surface area contributed by atoms with E-state index in [4.69, 9.17) is 24.1 Å². The van der Waals surface area contributed by atoms with Crippen LogP contribution in [0.25, 0.3) is 0 Å². The Hall–Kier alpha value is -2.83. The maximum Gasteiger partial charge on any atom is 0.334 e. The molecule has 0 spiro atoms. The highest BCUT2D eigenvalue weighted by molar-refractivity contribution is 5.91. The molecule has 1 heterocycles. The molecule has 3 rings (SSSR count). The fourth-order valence-corrected chi connectivity index (χ4v) is 4.66. The van der Waals surface area contributed by atoms with E-state index in [9.17, 15) is 4.79 Å². The number of aliphatic hydroxyl groups excluding tert-OH is 1. The van der Waals surface area contributed by atoms with Crippen LogP contribution in [0.5, 0.6) is 11.5 Å². The van der Waals surface area contributed by atoms with Gasteiger partial charge in [-0.2, -0.15) is 0 Å². The van der Waals surface area contributed by atoms with Crippen molar-refractivity contribution in [3.63, 3.8) is 0 Å². The van der Waals surface area contributed by atoms with Gasteiger partial charge in [-0.1, -0.05) is 81.4 Å². The van der Waals surface area contributed by atoms with Gasteiger partial charge in [0.1, 0.15) is 18.1 Å². The third-order valence-electron chi connectivity index (χ3n) is 6.87. The van der Waals surface area contributed by atoms with E-state index in [-0.39, 0.29) is 19.2 Å². The number of cyclic esters (lactones) is 1. The number of carbonyl (C=O) groups excluding carboxylic acids is 1. The molecule has 0 saturated carbocycles. The van der Waals surface area contributed by atoms with Crippen molar-refractivity contribution >= 4 is 5.97 Å². The first kappa shape index (κ1) is 29.7. The Kier molecular flexibility index (Phi) is 13.2. The first-order chi connectivity index (χ1) is 18.6. The molecule has 208 valence electrons. The van der Waals surface area contributed by atoms with Crippen molar-refractivity contribution in [3.05, 3.63) is 71.8 Å². The van der Waals surface area contributed by atoms with Gasteiger partial charge in [-0.25, -0.2) is 4.79 Å². The van der Waals surface area contributed by atoms with Gasteiger partial charge in [-0.15, -0.1) is 0 Å². The number of hydrogen-bond donors (Lipinski definition) is 1. The molecule has 1 fully saturated rings. The topological polar surface area (TPSA) is 74.2 Å². The molecule has 0 aromatic heterocycles. The first-order valence-corrected chi connectivity index (χ1v) is 14.1. The lowest BCUT2D eigenvalue weighted by atomic mass is 9.98. The van der Waals surface area contributed by atoms with E-state index >= 15 is 0 Å². The highest BCUT2D eigenvalue weighted by Gasteiger charge is 2.45. The Balaban J connectivity index is 1.48. The van der Waals surface area contributed by atoms with Gasteiger partial charge in [0.25, 0.3) is 0 Å². The minimum Gasteiger partial charge on any atom is -0.497 e. The van der Waals surface area contributed by atoms with E-state index in [1.165, 1.54) is 38.5 Å². The lowest BCUT2D eigenvalue weighted by Crippen LogP contribution is -2.40. The molecule has 2 aromatic rings. The van der Waals surface area contributed by atoms with E-state index in [2.05, 4.69) is 0 Å². The minimum absolute atomic E-state index is 0.218. The van der Waals surface area contributed by atoms with E-state index in [1.54, 1.807) is 7.11 Å². The summed E-state index contributed by atoms with van der Waals surface area (Å²) in [5, 5.41) is 8.83. The van der Waals surface area contributed by atoms with Crippen LogP contribution in [0, 0.1) is 0 Å². The normalized spacial score (nSPS) is 18.1. The second-order valence-corrected chi connectivity index (χ2v) is 10.1.